The van der Waals surface area contributed by atoms with Gasteiger partial charge in [-0.05, 0) is 37.1 Å². The normalized spacial score (nSPS) is 19.4. The Morgan fingerprint density at radius 3 is 2.15 bits per heavy atom. The molecule has 0 aromatic heterocycles. The maximum absolute atomic E-state index is 12.1. The van der Waals surface area contributed by atoms with E-state index < -0.39 is 25.1 Å². The maximum Gasteiger partial charge on any atom is 0.235 e. The molecule has 8 heteroatoms. The summed E-state index contributed by atoms with van der Waals surface area (Å²) in [5.41, 5.74) is 0.820. The van der Waals surface area contributed by atoms with Gasteiger partial charge in [0, 0.05) is 11.3 Å². The molecule has 20 heavy (non-hydrogen) atoms. The third-order valence-corrected chi connectivity index (χ3v) is 6.83. The Hall–Kier alpha value is -1.41. The molecular weight excluding hydrogens is 302 g/mol. The molecule has 1 aromatic carbocycles. The zero-order chi connectivity index (χ0) is 14.8. The van der Waals surface area contributed by atoms with Crippen LogP contribution in [0.2, 0.25) is 0 Å². The van der Waals surface area contributed by atoms with E-state index in [9.17, 15) is 21.6 Å². The molecule has 0 unspecified atom stereocenters. The average molecular weight is 317 g/mol. The van der Waals surface area contributed by atoms with E-state index in [0.717, 1.165) is 0 Å². The van der Waals surface area contributed by atoms with Crippen LogP contribution in [0.5, 0.6) is 0 Å². The second kappa shape index (κ2) is 5.53. The Kier molecular flexibility index (Phi) is 4.14. The molecule has 0 atom stereocenters. The number of sulfone groups is 1. The van der Waals surface area contributed by atoms with Gasteiger partial charge in [0.15, 0.2) is 0 Å². The molecule has 2 rings (SSSR count). The van der Waals surface area contributed by atoms with Crippen LogP contribution in [0, 0.1) is 0 Å². The first-order valence-corrected chi connectivity index (χ1v) is 9.46. The Morgan fingerprint density at radius 2 is 1.65 bits per heavy atom. The van der Waals surface area contributed by atoms with Crippen molar-refractivity contribution in [3.8, 4) is 0 Å². The predicted octanol–water partition coefficient (Wildman–Crippen LogP) is 0.818. The quantitative estimate of drug-likeness (QED) is 0.829. The third-order valence-electron chi connectivity index (χ3n) is 3.25. The van der Waals surface area contributed by atoms with Crippen LogP contribution < -0.4 is 4.72 Å². The molecule has 0 bridgehead atoms. The summed E-state index contributed by atoms with van der Waals surface area (Å²) in [4.78, 5) is 10.5. The predicted molar refractivity (Wildman–Crippen MR) is 76.0 cm³/mol. The van der Waals surface area contributed by atoms with Gasteiger partial charge in [0.1, 0.15) is 16.1 Å². The zero-order valence-electron chi connectivity index (χ0n) is 10.7. The van der Waals surface area contributed by atoms with Gasteiger partial charge in [-0.1, -0.05) is 0 Å². The Bertz CT molecular complexity index is 678. The van der Waals surface area contributed by atoms with Crippen LogP contribution in [0.15, 0.2) is 24.3 Å². The number of benzene rings is 1. The van der Waals surface area contributed by atoms with Gasteiger partial charge in [-0.2, -0.15) is 0 Å². The lowest BCUT2D eigenvalue weighted by molar-refractivity contribution is 0.112. The van der Waals surface area contributed by atoms with Crippen molar-refractivity contribution in [2.24, 2.45) is 0 Å². The van der Waals surface area contributed by atoms with Crippen molar-refractivity contribution >= 4 is 31.8 Å². The van der Waals surface area contributed by atoms with Crippen molar-refractivity contribution in [1.29, 1.82) is 0 Å². The number of aldehydes is 1. The van der Waals surface area contributed by atoms with Crippen molar-refractivity contribution < 1.29 is 21.6 Å². The Labute approximate surface area is 118 Å². The lowest BCUT2D eigenvalue weighted by atomic mass is 10.2. The minimum Gasteiger partial charge on any atom is -0.298 e. The standard InChI is InChI=1S/C12H15NO5S2/c14-9-10-1-3-11(4-2-10)13-20(17,18)12-5-7-19(15,16)8-6-12/h1-4,9,12-13H,5-8H2. The monoisotopic (exact) mass is 317 g/mol. The molecule has 0 spiro atoms. The Balaban J connectivity index is 2.09. The lowest BCUT2D eigenvalue weighted by Crippen LogP contribution is -2.35. The number of carbonyl (C=O) groups is 1. The summed E-state index contributed by atoms with van der Waals surface area (Å²) >= 11 is 0. The molecule has 1 saturated heterocycles. The zero-order valence-corrected chi connectivity index (χ0v) is 12.3. The fourth-order valence-corrected chi connectivity index (χ4v) is 5.33. The molecule has 0 amide bonds. The fourth-order valence-electron chi connectivity index (χ4n) is 2.06. The first-order chi connectivity index (χ1) is 9.32. The summed E-state index contributed by atoms with van der Waals surface area (Å²) in [5.74, 6) is -0.189. The molecule has 1 heterocycles. The summed E-state index contributed by atoms with van der Waals surface area (Å²) in [7, 11) is -6.70. The van der Waals surface area contributed by atoms with E-state index in [2.05, 4.69) is 4.72 Å². The third kappa shape index (κ3) is 3.57. The van der Waals surface area contributed by atoms with Crippen LogP contribution in [0.1, 0.15) is 23.2 Å². The van der Waals surface area contributed by atoms with Crippen LogP contribution in [-0.2, 0) is 19.9 Å². The van der Waals surface area contributed by atoms with E-state index >= 15 is 0 Å². The fraction of sp³-hybridized carbons (Fsp3) is 0.417. The number of anilines is 1. The van der Waals surface area contributed by atoms with Gasteiger partial charge in [-0.25, -0.2) is 16.8 Å². The van der Waals surface area contributed by atoms with E-state index in [1.807, 2.05) is 0 Å². The molecule has 1 N–H and O–H groups in total. The van der Waals surface area contributed by atoms with Gasteiger partial charge >= 0.3 is 0 Å². The molecule has 0 saturated carbocycles. The number of hydrogen-bond donors (Lipinski definition) is 1. The summed E-state index contributed by atoms with van der Waals surface area (Å²) in [6, 6.07) is 6.02. The maximum atomic E-state index is 12.1. The highest BCUT2D eigenvalue weighted by molar-refractivity contribution is 7.94. The van der Waals surface area contributed by atoms with Crippen LogP contribution >= 0.6 is 0 Å². The molecular formula is C12H15NO5S2. The van der Waals surface area contributed by atoms with Crippen LogP contribution in [0.4, 0.5) is 5.69 Å². The highest BCUT2D eigenvalue weighted by Gasteiger charge is 2.32. The molecule has 1 aliphatic heterocycles. The van der Waals surface area contributed by atoms with Gasteiger partial charge in [-0.3, -0.25) is 9.52 Å². The van der Waals surface area contributed by atoms with Crippen molar-refractivity contribution in [2.75, 3.05) is 16.2 Å². The van der Waals surface area contributed by atoms with Crippen molar-refractivity contribution in [3.63, 3.8) is 0 Å². The van der Waals surface area contributed by atoms with Crippen LogP contribution in [-0.4, -0.2) is 39.9 Å². The van der Waals surface area contributed by atoms with Gasteiger partial charge in [-0.15, -0.1) is 0 Å². The van der Waals surface area contributed by atoms with Crippen LogP contribution in [0.25, 0.3) is 0 Å². The van der Waals surface area contributed by atoms with Crippen molar-refractivity contribution in [3.05, 3.63) is 29.8 Å². The first-order valence-electron chi connectivity index (χ1n) is 6.10. The molecule has 0 aliphatic carbocycles. The molecule has 110 valence electrons. The van der Waals surface area contributed by atoms with Gasteiger partial charge < -0.3 is 0 Å². The van der Waals surface area contributed by atoms with Gasteiger partial charge in [0.25, 0.3) is 0 Å². The largest absolute Gasteiger partial charge is 0.298 e. The number of hydrogen-bond acceptors (Lipinski definition) is 5. The van der Waals surface area contributed by atoms with Crippen molar-refractivity contribution in [1.82, 2.24) is 0 Å². The summed E-state index contributed by atoms with van der Waals surface area (Å²) in [6.45, 7) is 0. The topological polar surface area (TPSA) is 97.4 Å². The van der Waals surface area contributed by atoms with Gasteiger partial charge in [0.05, 0.1) is 16.8 Å². The smallest absolute Gasteiger partial charge is 0.235 e. The van der Waals surface area contributed by atoms with Crippen LogP contribution in [0.3, 0.4) is 0 Å². The molecule has 1 aliphatic rings. The second-order valence-electron chi connectivity index (χ2n) is 4.74. The Morgan fingerprint density at radius 1 is 1.10 bits per heavy atom. The molecule has 1 fully saturated rings. The minimum absolute atomic E-state index is 0.0946. The summed E-state index contributed by atoms with van der Waals surface area (Å²) < 4.78 is 49.3. The average Bonchev–Trinajstić information content (AvgIpc) is 2.38. The van der Waals surface area contributed by atoms with E-state index in [0.29, 0.717) is 17.5 Å². The van der Waals surface area contributed by atoms with E-state index in [-0.39, 0.29) is 24.3 Å². The van der Waals surface area contributed by atoms with E-state index in [1.165, 1.54) is 24.3 Å². The number of carbonyl (C=O) groups excluding carboxylic acids is 1. The number of rotatable bonds is 4. The number of sulfonamides is 1. The SMILES string of the molecule is O=Cc1ccc(NS(=O)(=O)C2CCS(=O)(=O)CC2)cc1. The second-order valence-corrected chi connectivity index (χ2v) is 9.00. The molecule has 6 nitrogen and oxygen atoms in total. The van der Waals surface area contributed by atoms with E-state index in [4.69, 9.17) is 0 Å². The molecule has 0 radical (unpaired) electrons. The minimum atomic E-state index is -3.61. The van der Waals surface area contributed by atoms with E-state index in [1.54, 1.807) is 0 Å². The highest BCUT2D eigenvalue weighted by Crippen LogP contribution is 2.21. The summed E-state index contributed by atoms with van der Waals surface area (Å²) in [6.07, 6.45) is 0.901. The number of nitrogens with one attached hydrogen (secondary N) is 1. The molecule has 1 aromatic rings. The summed E-state index contributed by atoms with van der Waals surface area (Å²) in [5, 5.41) is -0.697. The van der Waals surface area contributed by atoms with Gasteiger partial charge in [0.2, 0.25) is 10.0 Å². The highest BCUT2D eigenvalue weighted by atomic mass is 32.2. The first kappa shape index (κ1) is 15.0. The van der Waals surface area contributed by atoms with Crippen molar-refractivity contribution in [2.45, 2.75) is 18.1 Å². The lowest BCUT2D eigenvalue weighted by Gasteiger charge is -2.22.